The van der Waals surface area contributed by atoms with E-state index in [1.165, 1.54) is 0 Å². The molecule has 0 amide bonds. The van der Waals surface area contributed by atoms with Crippen LogP contribution >= 0.6 is 0 Å². The zero-order valence-electron chi connectivity index (χ0n) is 10.3. The molecule has 0 radical (unpaired) electrons. The Morgan fingerprint density at radius 1 is 1.11 bits per heavy atom. The van der Waals surface area contributed by atoms with E-state index in [4.69, 9.17) is 9.84 Å². The number of carbonyl (C=O) groups is 1. The lowest BCUT2D eigenvalue weighted by atomic mass is 9.98. The highest BCUT2D eigenvalue weighted by Crippen LogP contribution is 2.34. The molecule has 2 aromatic carbocycles. The van der Waals surface area contributed by atoms with E-state index in [1.807, 2.05) is 30.3 Å². The summed E-state index contributed by atoms with van der Waals surface area (Å²) >= 11 is 0. The van der Waals surface area contributed by atoms with Crippen LogP contribution in [0.1, 0.15) is 15.9 Å². The Kier molecular flexibility index (Phi) is 3.33. The van der Waals surface area contributed by atoms with Crippen LogP contribution in [0, 0.1) is 6.92 Å². The maximum atomic E-state index is 11.1. The van der Waals surface area contributed by atoms with E-state index >= 15 is 0 Å². The van der Waals surface area contributed by atoms with Gasteiger partial charge in [0.05, 0.1) is 12.7 Å². The van der Waals surface area contributed by atoms with Crippen molar-refractivity contribution in [3.8, 4) is 16.9 Å². The summed E-state index contributed by atoms with van der Waals surface area (Å²) in [5, 5.41) is 9.09. The molecule has 3 heteroatoms. The molecular formula is C15H14O3. The lowest BCUT2D eigenvalue weighted by Gasteiger charge is -2.13. The van der Waals surface area contributed by atoms with Crippen molar-refractivity contribution in [2.75, 3.05) is 7.11 Å². The van der Waals surface area contributed by atoms with Gasteiger partial charge in [-0.3, -0.25) is 0 Å². The average molecular weight is 242 g/mol. The molecule has 0 saturated heterocycles. The maximum absolute atomic E-state index is 11.1. The van der Waals surface area contributed by atoms with E-state index in [9.17, 15) is 4.79 Å². The van der Waals surface area contributed by atoms with Gasteiger partial charge in [0.2, 0.25) is 0 Å². The van der Waals surface area contributed by atoms with Crippen LogP contribution in [0.15, 0.2) is 42.5 Å². The predicted molar refractivity (Wildman–Crippen MR) is 70.1 cm³/mol. The van der Waals surface area contributed by atoms with Gasteiger partial charge in [0, 0.05) is 11.1 Å². The zero-order chi connectivity index (χ0) is 13.1. The number of hydrogen-bond donors (Lipinski definition) is 1. The Balaban J connectivity index is 2.64. The van der Waals surface area contributed by atoms with Crippen molar-refractivity contribution < 1.29 is 14.6 Å². The lowest BCUT2D eigenvalue weighted by Crippen LogP contribution is -2.02. The molecule has 0 heterocycles. The third kappa shape index (κ3) is 2.07. The standard InChI is InChI=1S/C15H14O3/c1-10-12(15(16)17)8-9-13(14(10)18-2)11-6-4-3-5-7-11/h3-9H,1-2H3,(H,16,17). The van der Waals surface area contributed by atoms with E-state index in [0.29, 0.717) is 11.3 Å². The van der Waals surface area contributed by atoms with Crippen LogP contribution in [0.5, 0.6) is 5.75 Å². The summed E-state index contributed by atoms with van der Waals surface area (Å²) in [6.07, 6.45) is 0. The highest BCUT2D eigenvalue weighted by molar-refractivity contribution is 5.92. The van der Waals surface area contributed by atoms with Crippen LogP contribution in [-0.2, 0) is 0 Å². The third-order valence-corrected chi connectivity index (χ3v) is 2.93. The number of carboxylic acid groups (broad SMARTS) is 1. The normalized spacial score (nSPS) is 10.1. The number of aromatic carboxylic acids is 1. The number of hydrogen-bond acceptors (Lipinski definition) is 2. The first-order valence-electron chi connectivity index (χ1n) is 5.61. The van der Waals surface area contributed by atoms with Crippen molar-refractivity contribution in [3.63, 3.8) is 0 Å². The molecule has 0 unspecified atom stereocenters. The number of carboxylic acids is 1. The summed E-state index contributed by atoms with van der Waals surface area (Å²) < 4.78 is 5.36. The van der Waals surface area contributed by atoms with Gasteiger partial charge < -0.3 is 9.84 Å². The zero-order valence-corrected chi connectivity index (χ0v) is 10.3. The number of methoxy groups -OCH3 is 1. The average Bonchev–Trinajstić information content (AvgIpc) is 2.39. The summed E-state index contributed by atoms with van der Waals surface area (Å²) in [5.74, 6) is -0.327. The van der Waals surface area contributed by atoms with E-state index in [0.717, 1.165) is 11.1 Å². The van der Waals surface area contributed by atoms with Gasteiger partial charge in [-0.1, -0.05) is 30.3 Å². The molecule has 0 aliphatic carbocycles. The summed E-state index contributed by atoms with van der Waals surface area (Å²) in [6.45, 7) is 1.76. The third-order valence-electron chi connectivity index (χ3n) is 2.93. The molecule has 0 bridgehead atoms. The summed E-state index contributed by atoms with van der Waals surface area (Å²) in [4.78, 5) is 11.1. The first-order chi connectivity index (χ1) is 8.65. The van der Waals surface area contributed by atoms with E-state index in [1.54, 1.807) is 26.2 Å². The van der Waals surface area contributed by atoms with Crippen LogP contribution in [0.25, 0.3) is 11.1 Å². The Morgan fingerprint density at radius 3 is 2.33 bits per heavy atom. The van der Waals surface area contributed by atoms with Crippen molar-refractivity contribution in [1.29, 1.82) is 0 Å². The van der Waals surface area contributed by atoms with Crippen LogP contribution in [0.3, 0.4) is 0 Å². The van der Waals surface area contributed by atoms with Gasteiger partial charge in [0.25, 0.3) is 0 Å². The fourth-order valence-electron chi connectivity index (χ4n) is 2.03. The Labute approximate surface area is 106 Å². The summed E-state index contributed by atoms with van der Waals surface area (Å²) in [7, 11) is 1.56. The topological polar surface area (TPSA) is 46.5 Å². The SMILES string of the molecule is COc1c(-c2ccccc2)ccc(C(=O)O)c1C. The second-order valence-corrected chi connectivity index (χ2v) is 3.99. The van der Waals surface area contributed by atoms with Crippen molar-refractivity contribution in [1.82, 2.24) is 0 Å². The van der Waals surface area contributed by atoms with Gasteiger partial charge in [-0.25, -0.2) is 4.79 Å². The minimum absolute atomic E-state index is 0.270. The van der Waals surface area contributed by atoms with Gasteiger partial charge in [-0.15, -0.1) is 0 Å². The number of ether oxygens (including phenoxy) is 1. The van der Waals surface area contributed by atoms with Gasteiger partial charge >= 0.3 is 5.97 Å². The Morgan fingerprint density at radius 2 is 1.78 bits per heavy atom. The first-order valence-corrected chi connectivity index (χ1v) is 5.61. The van der Waals surface area contributed by atoms with Crippen molar-refractivity contribution in [3.05, 3.63) is 53.6 Å². The highest BCUT2D eigenvalue weighted by atomic mass is 16.5. The molecule has 0 aliphatic rings. The number of benzene rings is 2. The smallest absolute Gasteiger partial charge is 0.336 e. The van der Waals surface area contributed by atoms with E-state index in [-0.39, 0.29) is 5.56 Å². The molecule has 0 fully saturated rings. The quantitative estimate of drug-likeness (QED) is 0.897. The lowest BCUT2D eigenvalue weighted by molar-refractivity contribution is 0.0695. The molecule has 1 N–H and O–H groups in total. The molecule has 0 saturated carbocycles. The van der Waals surface area contributed by atoms with Crippen LogP contribution in [-0.4, -0.2) is 18.2 Å². The van der Waals surface area contributed by atoms with Gasteiger partial charge in [0.15, 0.2) is 0 Å². The molecule has 0 aliphatic heterocycles. The minimum atomic E-state index is -0.939. The second kappa shape index (κ2) is 4.92. The maximum Gasteiger partial charge on any atom is 0.336 e. The summed E-state index contributed by atoms with van der Waals surface area (Å²) in [5.41, 5.74) is 2.83. The summed E-state index contributed by atoms with van der Waals surface area (Å²) in [6, 6.07) is 13.2. The first kappa shape index (κ1) is 12.2. The van der Waals surface area contributed by atoms with Crippen LogP contribution < -0.4 is 4.74 Å². The van der Waals surface area contributed by atoms with Gasteiger partial charge in [-0.2, -0.15) is 0 Å². The molecule has 92 valence electrons. The largest absolute Gasteiger partial charge is 0.496 e. The monoisotopic (exact) mass is 242 g/mol. The van der Waals surface area contributed by atoms with Crippen molar-refractivity contribution in [2.45, 2.75) is 6.92 Å². The van der Waals surface area contributed by atoms with E-state index < -0.39 is 5.97 Å². The minimum Gasteiger partial charge on any atom is -0.496 e. The Hall–Kier alpha value is -2.29. The fourth-order valence-corrected chi connectivity index (χ4v) is 2.03. The Bertz CT molecular complexity index is 574. The van der Waals surface area contributed by atoms with E-state index in [2.05, 4.69) is 0 Å². The molecule has 0 spiro atoms. The van der Waals surface area contributed by atoms with Gasteiger partial charge in [0.1, 0.15) is 5.75 Å². The molecule has 18 heavy (non-hydrogen) atoms. The van der Waals surface area contributed by atoms with Crippen molar-refractivity contribution >= 4 is 5.97 Å². The van der Waals surface area contributed by atoms with Crippen molar-refractivity contribution in [2.24, 2.45) is 0 Å². The molecule has 0 aromatic heterocycles. The molecular weight excluding hydrogens is 228 g/mol. The fraction of sp³-hybridized carbons (Fsp3) is 0.133. The second-order valence-electron chi connectivity index (χ2n) is 3.99. The molecule has 2 aromatic rings. The number of rotatable bonds is 3. The van der Waals surface area contributed by atoms with Gasteiger partial charge in [-0.05, 0) is 24.6 Å². The molecule has 2 rings (SSSR count). The predicted octanol–water partition coefficient (Wildman–Crippen LogP) is 3.37. The highest BCUT2D eigenvalue weighted by Gasteiger charge is 2.15. The molecule has 3 nitrogen and oxygen atoms in total. The van der Waals surface area contributed by atoms with Crippen LogP contribution in [0.2, 0.25) is 0 Å². The van der Waals surface area contributed by atoms with Crippen LogP contribution in [0.4, 0.5) is 0 Å². The molecule has 0 atom stereocenters.